The summed E-state index contributed by atoms with van der Waals surface area (Å²) in [4.78, 5) is 46.9. The molecule has 26 heavy (non-hydrogen) atoms. The Morgan fingerprint density at radius 2 is 1.73 bits per heavy atom. The van der Waals surface area contributed by atoms with Crippen LogP contribution in [0.5, 0.6) is 0 Å². The van der Waals surface area contributed by atoms with Gasteiger partial charge in [-0.25, -0.2) is 4.79 Å². The molecule has 10 heteroatoms. The van der Waals surface area contributed by atoms with Gasteiger partial charge in [0, 0.05) is 13.1 Å². The first kappa shape index (κ1) is 23.5. The number of nitrogens with one attached hydrogen (secondary N) is 5. The topological polar surface area (TPSA) is 154 Å². The fraction of sp³-hybridized carbons (Fsp3) is 0.625. The number of hydrogen-bond acceptors (Lipinski definition) is 6. The van der Waals surface area contributed by atoms with Gasteiger partial charge in [0.25, 0.3) is 0 Å². The molecule has 0 aromatic carbocycles. The Balaban J connectivity index is 4.71. The zero-order valence-corrected chi connectivity index (χ0v) is 15.6. The number of ketones is 1. The number of Topliss-reactive ketones (excluding diaryl/α,β-unsaturated/α-hetero) is 1. The summed E-state index contributed by atoms with van der Waals surface area (Å²) in [6.07, 6.45) is 2.09. The van der Waals surface area contributed by atoms with Crippen LogP contribution in [0.15, 0.2) is 12.7 Å². The Kier molecular flexibility index (Phi) is 11.6. The van der Waals surface area contributed by atoms with Gasteiger partial charge in [-0.15, -0.1) is 6.58 Å². The molecule has 0 bridgehead atoms. The van der Waals surface area contributed by atoms with Crippen molar-refractivity contribution >= 4 is 23.6 Å². The molecule has 0 aromatic rings. The number of primary amides is 1. The fourth-order valence-electron chi connectivity index (χ4n) is 2.17. The highest BCUT2D eigenvalue weighted by Gasteiger charge is 2.25. The SMILES string of the molecule is C=C[C@H](NC(=O)[C@H](CNC)NC)C(=O)N[C@@H](CCCNC(N)=O)C(C)=O. The highest BCUT2D eigenvalue weighted by atomic mass is 16.2. The van der Waals surface area contributed by atoms with Crippen LogP contribution in [-0.4, -0.2) is 68.9 Å². The molecule has 7 N–H and O–H groups in total. The van der Waals surface area contributed by atoms with E-state index in [2.05, 4.69) is 33.2 Å². The summed E-state index contributed by atoms with van der Waals surface area (Å²) in [7, 11) is 3.34. The molecule has 0 aliphatic carbocycles. The Morgan fingerprint density at radius 1 is 1.08 bits per heavy atom. The summed E-state index contributed by atoms with van der Waals surface area (Å²) in [5.74, 6) is -1.13. The molecule has 0 spiro atoms. The minimum absolute atomic E-state index is 0.227. The Labute approximate surface area is 153 Å². The predicted octanol–water partition coefficient (Wildman–Crippen LogP) is -2.01. The highest BCUT2D eigenvalue weighted by molar-refractivity contribution is 5.94. The molecule has 0 aliphatic heterocycles. The molecule has 0 fully saturated rings. The molecule has 3 atom stereocenters. The minimum atomic E-state index is -0.971. The lowest BCUT2D eigenvalue weighted by Gasteiger charge is -2.22. The van der Waals surface area contributed by atoms with Crippen LogP contribution in [0.3, 0.4) is 0 Å². The van der Waals surface area contributed by atoms with Gasteiger partial charge < -0.3 is 32.3 Å². The van der Waals surface area contributed by atoms with Crippen molar-refractivity contribution in [3.8, 4) is 0 Å². The first-order valence-corrected chi connectivity index (χ1v) is 8.35. The van der Waals surface area contributed by atoms with Crippen LogP contribution >= 0.6 is 0 Å². The number of rotatable bonds is 13. The largest absolute Gasteiger partial charge is 0.352 e. The minimum Gasteiger partial charge on any atom is -0.352 e. The molecular weight excluding hydrogens is 340 g/mol. The predicted molar refractivity (Wildman–Crippen MR) is 98.3 cm³/mol. The van der Waals surface area contributed by atoms with E-state index in [1.165, 1.54) is 13.0 Å². The van der Waals surface area contributed by atoms with Crippen LogP contribution in [0.4, 0.5) is 4.79 Å². The monoisotopic (exact) mass is 370 g/mol. The van der Waals surface area contributed by atoms with Gasteiger partial charge in [-0.3, -0.25) is 14.4 Å². The van der Waals surface area contributed by atoms with E-state index in [0.717, 1.165) is 0 Å². The number of hydrogen-bond donors (Lipinski definition) is 6. The number of carbonyl (C=O) groups is 4. The zero-order chi connectivity index (χ0) is 20.1. The normalized spacial score (nSPS) is 13.8. The van der Waals surface area contributed by atoms with Crippen LogP contribution in [0, 0.1) is 0 Å². The van der Waals surface area contributed by atoms with Crippen LogP contribution in [0.2, 0.25) is 0 Å². The fourth-order valence-corrected chi connectivity index (χ4v) is 2.17. The lowest BCUT2D eigenvalue weighted by molar-refractivity contribution is -0.130. The second-order valence-electron chi connectivity index (χ2n) is 5.73. The molecule has 0 saturated carbocycles. The van der Waals surface area contributed by atoms with E-state index in [1.807, 2.05) is 0 Å². The van der Waals surface area contributed by atoms with Crippen LogP contribution in [0.1, 0.15) is 19.8 Å². The number of urea groups is 1. The molecule has 0 rings (SSSR count). The zero-order valence-electron chi connectivity index (χ0n) is 15.6. The van der Waals surface area contributed by atoms with Gasteiger partial charge in [-0.05, 0) is 33.9 Å². The maximum atomic E-state index is 12.4. The van der Waals surface area contributed by atoms with Crippen molar-refractivity contribution in [1.29, 1.82) is 0 Å². The third-order valence-electron chi connectivity index (χ3n) is 3.67. The van der Waals surface area contributed by atoms with Gasteiger partial charge in [-0.1, -0.05) is 6.08 Å². The van der Waals surface area contributed by atoms with Crippen molar-refractivity contribution in [3.05, 3.63) is 12.7 Å². The first-order chi connectivity index (χ1) is 12.3. The van der Waals surface area contributed by atoms with Crippen LogP contribution in [0.25, 0.3) is 0 Å². The Morgan fingerprint density at radius 3 is 2.19 bits per heavy atom. The maximum absolute atomic E-state index is 12.4. The highest BCUT2D eigenvalue weighted by Crippen LogP contribution is 2.00. The van der Waals surface area contributed by atoms with E-state index in [-0.39, 0.29) is 11.7 Å². The number of nitrogens with two attached hydrogens (primary N) is 1. The molecule has 0 aromatic heterocycles. The van der Waals surface area contributed by atoms with Crippen molar-refractivity contribution < 1.29 is 19.2 Å². The summed E-state index contributed by atoms with van der Waals surface area (Å²) in [5, 5.41) is 13.3. The Bertz CT molecular complexity index is 511. The van der Waals surface area contributed by atoms with Crippen molar-refractivity contribution in [2.75, 3.05) is 27.2 Å². The van der Waals surface area contributed by atoms with E-state index in [4.69, 9.17) is 5.73 Å². The van der Waals surface area contributed by atoms with Crippen molar-refractivity contribution in [2.24, 2.45) is 5.73 Å². The Hall–Kier alpha value is -2.46. The molecule has 4 amide bonds. The lowest BCUT2D eigenvalue weighted by Crippen LogP contribution is -2.55. The number of carbonyl (C=O) groups excluding carboxylic acids is 4. The van der Waals surface area contributed by atoms with Crippen LogP contribution in [-0.2, 0) is 14.4 Å². The smallest absolute Gasteiger partial charge is 0.312 e. The summed E-state index contributed by atoms with van der Waals surface area (Å²) in [6, 6.07) is -2.86. The van der Waals surface area contributed by atoms with E-state index < -0.39 is 30.1 Å². The molecule has 0 aliphatic rings. The third-order valence-corrected chi connectivity index (χ3v) is 3.67. The van der Waals surface area contributed by atoms with Gasteiger partial charge in [0.2, 0.25) is 11.8 Å². The van der Waals surface area contributed by atoms with E-state index in [0.29, 0.717) is 25.9 Å². The van der Waals surface area contributed by atoms with Gasteiger partial charge in [0.05, 0.1) is 12.1 Å². The number of likely N-dealkylation sites (N-methyl/N-ethyl adjacent to an activating group) is 2. The van der Waals surface area contributed by atoms with Gasteiger partial charge in [0.1, 0.15) is 6.04 Å². The molecule has 0 heterocycles. The lowest BCUT2D eigenvalue weighted by atomic mass is 10.1. The standard InChI is InChI=1S/C16H30N6O4/c1-5-11(21-15(25)13(19-4)9-18-3)14(24)22-12(10(2)23)7-6-8-20-16(17)26/h5,11-13,18-19H,1,6-9H2,2-4H3,(H,21,25)(H,22,24)(H3,17,20,26)/t11-,12-,13-/m0/s1. The van der Waals surface area contributed by atoms with Crippen molar-refractivity contribution in [3.63, 3.8) is 0 Å². The van der Waals surface area contributed by atoms with Crippen molar-refractivity contribution in [2.45, 2.75) is 37.9 Å². The molecule has 148 valence electrons. The van der Waals surface area contributed by atoms with Gasteiger partial charge in [-0.2, -0.15) is 0 Å². The average Bonchev–Trinajstić information content (AvgIpc) is 2.59. The second kappa shape index (κ2) is 12.8. The van der Waals surface area contributed by atoms with Crippen LogP contribution < -0.4 is 32.3 Å². The molecule has 0 saturated heterocycles. The van der Waals surface area contributed by atoms with Gasteiger partial charge in [0.15, 0.2) is 5.78 Å². The number of amides is 4. The molecular formula is C16H30N6O4. The molecule has 10 nitrogen and oxygen atoms in total. The summed E-state index contributed by atoms with van der Waals surface area (Å²) < 4.78 is 0. The van der Waals surface area contributed by atoms with E-state index >= 15 is 0 Å². The summed E-state index contributed by atoms with van der Waals surface area (Å²) >= 11 is 0. The molecule has 0 radical (unpaired) electrons. The van der Waals surface area contributed by atoms with Crippen molar-refractivity contribution in [1.82, 2.24) is 26.6 Å². The van der Waals surface area contributed by atoms with E-state index in [1.54, 1.807) is 14.1 Å². The first-order valence-electron chi connectivity index (χ1n) is 8.35. The second-order valence-corrected chi connectivity index (χ2v) is 5.73. The van der Waals surface area contributed by atoms with Gasteiger partial charge >= 0.3 is 6.03 Å². The maximum Gasteiger partial charge on any atom is 0.312 e. The summed E-state index contributed by atoms with van der Waals surface area (Å²) in [6.45, 7) is 5.60. The quantitative estimate of drug-likeness (QED) is 0.163. The average molecular weight is 370 g/mol. The molecule has 0 unspecified atom stereocenters. The van der Waals surface area contributed by atoms with E-state index in [9.17, 15) is 19.2 Å². The third kappa shape index (κ3) is 9.14. The summed E-state index contributed by atoms with van der Waals surface area (Å²) in [5.41, 5.74) is 4.96.